The van der Waals surface area contributed by atoms with Crippen molar-refractivity contribution in [3.05, 3.63) is 51.2 Å². The SMILES string of the molecule is Cc1cc(C)c(NC(=S)N(CCCN2CCCC(C)C2)Cc2cccs2)c(C)c1. The fourth-order valence-corrected chi connectivity index (χ4v) is 5.36. The van der Waals surface area contributed by atoms with Crippen LogP contribution in [0, 0.1) is 26.7 Å². The first-order valence-electron chi connectivity index (χ1n) is 10.8. The van der Waals surface area contributed by atoms with Crippen LogP contribution in [0.1, 0.15) is 47.8 Å². The average Bonchev–Trinajstić information content (AvgIpc) is 3.17. The number of rotatable bonds is 7. The summed E-state index contributed by atoms with van der Waals surface area (Å²) in [7, 11) is 0. The van der Waals surface area contributed by atoms with E-state index in [2.05, 4.69) is 72.5 Å². The van der Waals surface area contributed by atoms with Crippen molar-refractivity contribution in [1.29, 1.82) is 0 Å². The van der Waals surface area contributed by atoms with E-state index < -0.39 is 0 Å². The highest BCUT2D eigenvalue weighted by atomic mass is 32.1. The van der Waals surface area contributed by atoms with Crippen molar-refractivity contribution in [2.24, 2.45) is 5.92 Å². The van der Waals surface area contributed by atoms with Crippen molar-refractivity contribution in [3.8, 4) is 0 Å². The molecule has 1 saturated heterocycles. The van der Waals surface area contributed by atoms with Gasteiger partial charge in [-0.2, -0.15) is 0 Å². The molecule has 1 atom stereocenters. The van der Waals surface area contributed by atoms with E-state index in [0.29, 0.717) is 0 Å². The highest BCUT2D eigenvalue weighted by molar-refractivity contribution is 7.80. The Morgan fingerprint density at radius 1 is 1.28 bits per heavy atom. The summed E-state index contributed by atoms with van der Waals surface area (Å²) in [6, 6.07) is 8.77. The number of anilines is 1. The molecule has 158 valence electrons. The zero-order chi connectivity index (χ0) is 20.8. The van der Waals surface area contributed by atoms with Crippen LogP contribution < -0.4 is 5.32 Å². The summed E-state index contributed by atoms with van der Waals surface area (Å²) in [6.07, 6.45) is 3.86. The molecule has 3 nitrogen and oxygen atoms in total. The number of likely N-dealkylation sites (tertiary alicyclic amines) is 1. The van der Waals surface area contributed by atoms with Crippen molar-refractivity contribution in [1.82, 2.24) is 9.80 Å². The number of nitrogens with one attached hydrogen (secondary N) is 1. The van der Waals surface area contributed by atoms with E-state index >= 15 is 0 Å². The van der Waals surface area contributed by atoms with E-state index in [1.165, 1.54) is 47.5 Å². The Hall–Kier alpha value is -1.43. The number of thiophene rings is 1. The van der Waals surface area contributed by atoms with Crippen molar-refractivity contribution in [2.75, 3.05) is 31.5 Å². The molecule has 1 aromatic heterocycles. The maximum Gasteiger partial charge on any atom is 0.173 e. The Bertz CT molecular complexity index is 777. The highest BCUT2D eigenvalue weighted by Gasteiger charge is 2.17. The summed E-state index contributed by atoms with van der Waals surface area (Å²) in [5.74, 6) is 0.834. The quantitative estimate of drug-likeness (QED) is 0.544. The summed E-state index contributed by atoms with van der Waals surface area (Å²) >= 11 is 7.68. The maximum atomic E-state index is 5.88. The van der Waals surface area contributed by atoms with Gasteiger partial charge in [-0.25, -0.2) is 0 Å². The van der Waals surface area contributed by atoms with E-state index in [9.17, 15) is 0 Å². The molecule has 2 heterocycles. The first-order chi connectivity index (χ1) is 13.9. The number of nitrogens with zero attached hydrogens (tertiary/aromatic N) is 2. The monoisotopic (exact) mass is 429 g/mol. The summed E-state index contributed by atoms with van der Waals surface area (Å²) in [4.78, 5) is 6.33. The largest absolute Gasteiger partial charge is 0.344 e. The van der Waals surface area contributed by atoms with Crippen molar-refractivity contribution < 1.29 is 0 Å². The molecule has 2 aromatic rings. The third kappa shape index (κ3) is 6.53. The lowest BCUT2D eigenvalue weighted by atomic mass is 10.0. The second kappa shape index (κ2) is 10.6. The van der Waals surface area contributed by atoms with Crippen LogP contribution >= 0.6 is 23.6 Å². The number of benzene rings is 1. The molecule has 1 N–H and O–H groups in total. The van der Waals surface area contributed by atoms with Crippen molar-refractivity contribution in [3.63, 3.8) is 0 Å². The van der Waals surface area contributed by atoms with Crippen LogP contribution in [0.15, 0.2) is 29.6 Å². The van der Waals surface area contributed by atoms with E-state index in [1.807, 2.05) is 0 Å². The Balaban J connectivity index is 1.63. The van der Waals surface area contributed by atoms with Gasteiger partial charge in [-0.1, -0.05) is 30.7 Å². The van der Waals surface area contributed by atoms with Gasteiger partial charge in [-0.15, -0.1) is 11.3 Å². The van der Waals surface area contributed by atoms with Crippen LogP contribution in [0.2, 0.25) is 0 Å². The van der Waals surface area contributed by atoms with Crippen LogP contribution in [0.25, 0.3) is 0 Å². The molecule has 0 aliphatic carbocycles. The number of thiocarbonyl (C=S) groups is 1. The van der Waals surface area contributed by atoms with Crippen LogP contribution in [0.4, 0.5) is 5.69 Å². The van der Waals surface area contributed by atoms with Crippen LogP contribution in [-0.2, 0) is 6.54 Å². The van der Waals surface area contributed by atoms with Gasteiger partial charge in [0.05, 0.1) is 6.54 Å². The predicted molar refractivity (Wildman–Crippen MR) is 131 cm³/mol. The lowest BCUT2D eigenvalue weighted by molar-refractivity contribution is 0.177. The summed E-state index contributed by atoms with van der Waals surface area (Å²) in [5.41, 5.74) is 4.95. The zero-order valence-electron chi connectivity index (χ0n) is 18.3. The number of hydrogen-bond acceptors (Lipinski definition) is 3. The normalized spacial score (nSPS) is 17.3. The molecule has 5 heteroatoms. The maximum absolute atomic E-state index is 5.88. The standard InChI is InChI=1S/C24H35N3S2/c1-18-8-5-10-26(16-18)11-7-12-27(17-22-9-6-13-29-22)24(28)25-23-20(3)14-19(2)15-21(23)4/h6,9,13-15,18H,5,7-8,10-12,16-17H2,1-4H3,(H,25,28). The second-order valence-corrected chi connectivity index (χ2v) is 10.0. The van der Waals surface area contributed by atoms with E-state index in [1.54, 1.807) is 11.3 Å². The third-order valence-electron chi connectivity index (χ3n) is 5.77. The van der Waals surface area contributed by atoms with E-state index in [-0.39, 0.29) is 0 Å². The molecule has 1 aliphatic rings. The molecule has 0 spiro atoms. The zero-order valence-corrected chi connectivity index (χ0v) is 20.0. The molecule has 1 fully saturated rings. The fourth-order valence-electron chi connectivity index (χ4n) is 4.38. The molecule has 0 saturated carbocycles. The molecule has 29 heavy (non-hydrogen) atoms. The van der Waals surface area contributed by atoms with E-state index in [0.717, 1.165) is 42.8 Å². The molecule has 1 aliphatic heterocycles. The van der Waals surface area contributed by atoms with Crippen LogP contribution in [0.3, 0.4) is 0 Å². The first kappa shape index (κ1) is 22.3. The van der Waals surface area contributed by atoms with Gasteiger partial charge in [0.15, 0.2) is 5.11 Å². The number of piperidine rings is 1. The Morgan fingerprint density at radius 2 is 2.03 bits per heavy atom. The number of hydrogen-bond donors (Lipinski definition) is 1. The topological polar surface area (TPSA) is 18.5 Å². The molecule has 0 amide bonds. The highest BCUT2D eigenvalue weighted by Crippen LogP contribution is 2.23. The third-order valence-corrected chi connectivity index (χ3v) is 6.99. The van der Waals surface area contributed by atoms with Gasteiger partial charge in [0, 0.05) is 23.7 Å². The lowest BCUT2D eigenvalue weighted by Crippen LogP contribution is -2.39. The Labute approximate surface area is 186 Å². The molecule has 3 rings (SSSR count). The molecular formula is C24H35N3S2. The van der Waals surface area contributed by atoms with Gasteiger partial charge in [0.25, 0.3) is 0 Å². The van der Waals surface area contributed by atoms with Crippen molar-refractivity contribution >= 4 is 34.4 Å². The van der Waals surface area contributed by atoms with Crippen molar-refractivity contribution in [2.45, 2.75) is 53.5 Å². The molecule has 1 aromatic carbocycles. The van der Waals surface area contributed by atoms with Gasteiger partial charge < -0.3 is 15.1 Å². The minimum Gasteiger partial charge on any atom is -0.344 e. The van der Waals surface area contributed by atoms with Gasteiger partial charge in [-0.05, 0) is 93.8 Å². The summed E-state index contributed by atoms with van der Waals surface area (Å²) in [6.45, 7) is 14.4. The second-order valence-electron chi connectivity index (χ2n) is 8.61. The van der Waals surface area contributed by atoms with Gasteiger partial charge >= 0.3 is 0 Å². The fraction of sp³-hybridized carbons (Fsp3) is 0.542. The van der Waals surface area contributed by atoms with Gasteiger partial charge in [-0.3, -0.25) is 0 Å². The minimum absolute atomic E-state index is 0.834. The average molecular weight is 430 g/mol. The van der Waals surface area contributed by atoms with Gasteiger partial charge in [0.1, 0.15) is 0 Å². The molecule has 1 unspecified atom stereocenters. The number of aryl methyl sites for hydroxylation is 3. The Morgan fingerprint density at radius 3 is 2.69 bits per heavy atom. The molecule has 0 bridgehead atoms. The summed E-state index contributed by atoms with van der Waals surface area (Å²) in [5, 5.41) is 6.54. The van der Waals surface area contributed by atoms with Crippen LogP contribution in [0.5, 0.6) is 0 Å². The molecule has 0 radical (unpaired) electrons. The predicted octanol–water partition coefficient (Wildman–Crippen LogP) is 5.99. The van der Waals surface area contributed by atoms with Gasteiger partial charge in [0.2, 0.25) is 0 Å². The molecular weight excluding hydrogens is 394 g/mol. The van der Waals surface area contributed by atoms with E-state index in [4.69, 9.17) is 12.2 Å². The smallest absolute Gasteiger partial charge is 0.173 e. The minimum atomic E-state index is 0.834. The van der Waals surface area contributed by atoms with Crippen LogP contribution in [-0.4, -0.2) is 41.1 Å². The lowest BCUT2D eigenvalue weighted by Gasteiger charge is -2.32. The first-order valence-corrected chi connectivity index (χ1v) is 12.1. The Kier molecular flexibility index (Phi) is 8.10. The summed E-state index contributed by atoms with van der Waals surface area (Å²) < 4.78 is 0.